The third-order valence-electron chi connectivity index (χ3n) is 2.07. The van der Waals surface area contributed by atoms with Crippen LogP contribution in [0.2, 0.25) is 0 Å². The molecule has 1 N–H and O–H groups in total. The second-order valence-electron chi connectivity index (χ2n) is 3.38. The summed E-state index contributed by atoms with van der Waals surface area (Å²) in [7, 11) is 1.24. The van der Waals surface area contributed by atoms with Gasteiger partial charge in [-0.1, -0.05) is 12.1 Å². The number of alkyl halides is 3. The van der Waals surface area contributed by atoms with Gasteiger partial charge in [-0.25, -0.2) is 4.79 Å². The molecule has 6 heteroatoms. The summed E-state index contributed by atoms with van der Waals surface area (Å²) in [4.78, 5) is 10.7. The van der Waals surface area contributed by atoms with Crippen LogP contribution in [0, 0.1) is 0 Å². The Morgan fingerprint density at radius 3 is 2.78 bits per heavy atom. The summed E-state index contributed by atoms with van der Waals surface area (Å²) >= 11 is 0. The molecule has 0 aliphatic rings. The standard InChI is InChI=1S/C12H12F3NO2/c1-18-11(17)6-3-7-16-10-5-2-4-9(8-10)12(13,14)15/h2-6,8,16H,7H2,1H3/b6-3+. The van der Waals surface area contributed by atoms with Crippen LogP contribution in [0.4, 0.5) is 18.9 Å². The molecule has 18 heavy (non-hydrogen) atoms. The summed E-state index contributed by atoms with van der Waals surface area (Å²) in [6, 6.07) is 4.83. The second kappa shape index (κ2) is 6.09. The Morgan fingerprint density at radius 2 is 2.17 bits per heavy atom. The highest BCUT2D eigenvalue weighted by atomic mass is 19.4. The minimum Gasteiger partial charge on any atom is -0.466 e. The molecule has 1 aromatic carbocycles. The maximum Gasteiger partial charge on any atom is 0.416 e. The van der Waals surface area contributed by atoms with Crippen LogP contribution in [0.25, 0.3) is 0 Å². The van der Waals surface area contributed by atoms with Crippen molar-refractivity contribution in [3.8, 4) is 0 Å². The van der Waals surface area contributed by atoms with Crippen LogP contribution in [0.3, 0.4) is 0 Å². The number of benzene rings is 1. The van der Waals surface area contributed by atoms with Crippen molar-refractivity contribution in [2.75, 3.05) is 19.0 Å². The number of rotatable bonds is 4. The van der Waals surface area contributed by atoms with Gasteiger partial charge in [0.15, 0.2) is 0 Å². The minimum absolute atomic E-state index is 0.233. The molecule has 0 amide bonds. The van der Waals surface area contributed by atoms with Crippen LogP contribution < -0.4 is 5.32 Å². The van der Waals surface area contributed by atoms with E-state index in [4.69, 9.17) is 0 Å². The third kappa shape index (κ3) is 4.48. The molecule has 0 fully saturated rings. The predicted molar refractivity (Wildman–Crippen MR) is 61.1 cm³/mol. The summed E-state index contributed by atoms with van der Waals surface area (Å²) < 4.78 is 41.6. The topological polar surface area (TPSA) is 38.3 Å². The fraction of sp³-hybridized carbons (Fsp3) is 0.250. The van der Waals surface area contributed by atoms with E-state index in [1.165, 1.54) is 31.4 Å². The number of methoxy groups -OCH3 is 1. The minimum atomic E-state index is -4.36. The Morgan fingerprint density at radius 1 is 1.44 bits per heavy atom. The van der Waals surface area contributed by atoms with E-state index in [0.717, 1.165) is 12.1 Å². The zero-order valence-electron chi connectivity index (χ0n) is 9.62. The number of hydrogen-bond donors (Lipinski definition) is 1. The van der Waals surface area contributed by atoms with E-state index in [9.17, 15) is 18.0 Å². The number of carbonyl (C=O) groups is 1. The lowest BCUT2D eigenvalue weighted by Crippen LogP contribution is -2.06. The molecule has 0 radical (unpaired) electrons. The van der Waals surface area contributed by atoms with Gasteiger partial charge in [0, 0.05) is 18.3 Å². The lowest BCUT2D eigenvalue weighted by atomic mass is 10.2. The fourth-order valence-corrected chi connectivity index (χ4v) is 1.21. The van der Waals surface area contributed by atoms with E-state index in [2.05, 4.69) is 10.1 Å². The van der Waals surface area contributed by atoms with E-state index in [0.29, 0.717) is 5.69 Å². The van der Waals surface area contributed by atoms with Gasteiger partial charge in [-0.3, -0.25) is 0 Å². The van der Waals surface area contributed by atoms with E-state index in [-0.39, 0.29) is 6.54 Å². The molecule has 0 aliphatic carbocycles. The van der Waals surface area contributed by atoms with E-state index >= 15 is 0 Å². The summed E-state index contributed by atoms with van der Waals surface area (Å²) in [6.07, 6.45) is -1.70. The fourth-order valence-electron chi connectivity index (χ4n) is 1.21. The van der Waals surface area contributed by atoms with Crippen molar-refractivity contribution in [2.45, 2.75) is 6.18 Å². The number of ether oxygens (including phenoxy) is 1. The molecule has 0 saturated carbocycles. The first-order valence-corrected chi connectivity index (χ1v) is 5.09. The van der Waals surface area contributed by atoms with Crippen LogP contribution in [-0.2, 0) is 15.7 Å². The average Bonchev–Trinajstić information content (AvgIpc) is 2.33. The smallest absolute Gasteiger partial charge is 0.416 e. The molecule has 0 atom stereocenters. The summed E-state index contributed by atoms with van der Waals surface area (Å²) in [5.41, 5.74) is -0.385. The molecule has 1 aromatic rings. The molecule has 0 unspecified atom stereocenters. The normalized spacial score (nSPS) is 11.6. The van der Waals surface area contributed by atoms with Crippen molar-refractivity contribution < 1.29 is 22.7 Å². The average molecular weight is 259 g/mol. The summed E-state index contributed by atoms with van der Waals surface area (Å²) in [6.45, 7) is 0.233. The third-order valence-corrected chi connectivity index (χ3v) is 2.07. The quantitative estimate of drug-likeness (QED) is 0.667. The molecule has 3 nitrogen and oxygen atoms in total. The molecule has 0 heterocycles. The highest BCUT2D eigenvalue weighted by Crippen LogP contribution is 2.30. The molecule has 0 spiro atoms. The van der Waals surface area contributed by atoms with Crippen LogP contribution in [0.15, 0.2) is 36.4 Å². The molecule has 98 valence electrons. The van der Waals surface area contributed by atoms with Crippen molar-refractivity contribution in [3.63, 3.8) is 0 Å². The zero-order valence-corrected chi connectivity index (χ0v) is 9.62. The van der Waals surface area contributed by atoms with Gasteiger partial charge in [0.2, 0.25) is 0 Å². The number of anilines is 1. The zero-order chi connectivity index (χ0) is 13.6. The highest BCUT2D eigenvalue weighted by Gasteiger charge is 2.30. The molecular weight excluding hydrogens is 247 g/mol. The van der Waals surface area contributed by atoms with Crippen molar-refractivity contribution in [3.05, 3.63) is 42.0 Å². The van der Waals surface area contributed by atoms with Crippen LogP contribution >= 0.6 is 0 Å². The predicted octanol–water partition coefficient (Wildman–Crippen LogP) is 2.85. The maximum absolute atomic E-state index is 12.4. The summed E-state index contributed by atoms with van der Waals surface area (Å²) in [5.74, 6) is -0.513. The molecule has 0 bridgehead atoms. The number of carbonyl (C=O) groups excluding carboxylic acids is 1. The lowest BCUT2D eigenvalue weighted by molar-refractivity contribution is -0.137. The van der Waals surface area contributed by atoms with Gasteiger partial charge in [0.1, 0.15) is 0 Å². The summed E-state index contributed by atoms with van der Waals surface area (Å²) in [5, 5.41) is 2.74. The van der Waals surface area contributed by atoms with Crippen molar-refractivity contribution in [2.24, 2.45) is 0 Å². The number of hydrogen-bond acceptors (Lipinski definition) is 3. The SMILES string of the molecule is COC(=O)/C=C/CNc1cccc(C(F)(F)F)c1. The van der Waals surface area contributed by atoms with E-state index in [1.54, 1.807) is 0 Å². The Hall–Kier alpha value is -1.98. The Bertz CT molecular complexity index is 441. The Kier molecular flexibility index (Phi) is 4.76. The van der Waals surface area contributed by atoms with Crippen LogP contribution in [0.1, 0.15) is 5.56 Å². The van der Waals surface area contributed by atoms with Crippen LogP contribution in [0.5, 0.6) is 0 Å². The van der Waals surface area contributed by atoms with Crippen molar-refractivity contribution in [1.82, 2.24) is 0 Å². The van der Waals surface area contributed by atoms with E-state index in [1.807, 2.05) is 0 Å². The van der Waals surface area contributed by atoms with Crippen molar-refractivity contribution in [1.29, 1.82) is 0 Å². The molecular formula is C12H12F3NO2. The molecule has 0 aromatic heterocycles. The first kappa shape index (κ1) is 14.1. The largest absolute Gasteiger partial charge is 0.466 e. The van der Waals surface area contributed by atoms with Gasteiger partial charge in [-0.05, 0) is 18.2 Å². The first-order chi connectivity index (χ1) is 8.43. The van der Waals surface area contributed by atoms with Gasteiger partial charge in [-0.2, -0.15) is 13.2 Å². The first-order valence-electron chi connectivity index (χ1n) is 5.09. The highest BCUT2D eigenvalue weighted by molar-refractivity contribution is 5.81. The number of halogens is 3. The van der Waals surface area contributed by atoms with Gasteiger partial charge in [0.05, 0.1) is 12.7 Å². The van der Waals surface area contributed by atoms with Gasteiger partial charge in [-0.15, -0.1) is 0 Å². The van der Waals surface area contributed by atoms with Gasteiger partial charge < -0.3 is 10.1 Å². The lowest BCUT2D eigenvalue weighted by Gasteiger charge is -2.09. The Balaban J connectivity index is 2.58. The monoisotopic (exact) mass is 259 g/mol. The van der Waals surface area contributed by atoms with E-state index < -0.39 is 17.7 Å². The number of nitrogens with one attached hydrogen (secondary N) is 1. The van der Waals surface area contributed by atoms with Crippen molar-refractivity contribution >= 4 is 11.7 Å². The molecule has 0 saturated heterocycles. The molecule has 0 aliphatic heterocycles. The number of esters is 1. The maximum atomic E-state index is 12.4. The van der Waals surface area contributed by atoms with Crippen LogP contribution in [-0.4, -0.2) is 19.6 Å². The second-order valence-corrected chi connectivity index (χ2v) is 3.38. The Labute approximate surface area is 102 Å². The van der Waals surface area contributed by atoms with Gasteiger partial charge in [0.25, 0.3) is 0 Å². The molecule has 1 rings (SSSR count). The van der Waals surface area contributed by atoms with Gasteiger partial charge >= 0.3 is 12.1 Å².